The SMILES string of the molecule is Cn1c(N2CCCC(c3ccncc3)CC2)nc2c(F)cccc21. The second-order valence-corrected chi connectivity index (χ2v) is 6.47. The summed E-state index contributed by atoms with van der Waals surface area (Å²) in [5, 5.41) is 0. The number of imidazole rings is 1. The molecule has 24 heavy (non-hydrogen) atoms. The van der Waals surface area contributed by atoms with E-state index in [9.17, 15) is 4.39 Å². The van der Waals surface area contributed by atoms with Crippen molar-refractivity contribution in [1.29, 1.82) is 0 Å². The van der Waals surface area contributed by atoms with E-state index in [0.717, 1.165) is 37.4 Å². The van der Waals surface area contributed by atoms with Crippen LogP contribution in [-0.2, 0) is 7.05 Å². The van der Waals surface area contributed by atoms with Crippen LogP contribution in [0.2, 0.25) is 0 Å². The van der Waals surface area contributed by atoms with Crippen molar-refractivity contribution in [2.24, 2.45) is 7.05 Å². The van der Waals surface area contributed by atoms with E-state index in [2.05, 4.69) is 27.0 Å². The highest BCUT2D eigenvalue weighted by atomic mass is 19.1. The van der Waals surface area contributed by atoms with Crippen LogP contribution in [0.4, 0.5) is 10.3 Å². The fourth-order valence-corrected chi connectivity index (χ4v) is 3.72. The molecule has 0 N–H and O–H groups in total. The lowest BCUT2D eigenvalue weighted by Crippen LogP contribution is -2.26. The average Bonchev–Trinajstić information content (AvgIpc) is 2.81. The van der Waals surface area contributed by atoms with Gasteiger partial charge in [0.2, 0.25) is 5.95 Å². The highest BCUT2D eigenvalue weighted by molar-refractivity contribution is 5.79. The van der Waals surface area contributed by atoms with Crippen molar-refractivity contribution in [2.75, 3.05) is 18.0 Å². The highest BCUT2D eigenvalue weighted by Crippen LogP contribution is 2.30. The van der Waals surface area contributed by atoms with Crippen LogP contribution in [0.25, 0.3) is 11.0 Å². The molecule has 0 spiro atoms. The second-order valence-electron chi connectivity index (χ2n) is 6.47. The molecule has 3 heterocycles. The Hall–Kier alpha value is -2.43. The Labute approximate surface area is 141 Å². The van der Waals surface area contributed by atoms with E-state index in [4.69, 9.17) is 0 Å². The van der Waals surface area contributed by atoms with Gasteiger partial charge in [-0.15, -0.1) is 0 Å². The van der Waals surface area contributed by atoms with Crippen LogP contribution in [0.1, 0.15) is 30.7 Å². The first-order valence-corrected chi connectivity index (χ1v) is 8.50. The number of benzene rings is 1. The summed E-state index contributed by atoms with van der Waals surface area (Å²) in [7, 11) is 1.97. The molecule has 3 aromatic rings. The van der Waals surface area contributed by atoms with E-state index in [0.29, 0.717) is 11.4 Å². The van der Waals surface area contributed by atoms with Crippen molar-refractivity contribution < 1.29 is 4.39 Å². The number of pyridine rings is 1. The van der Waals surface area contributed by atoms with Gasteiger partial charge >= 0.3 is 0 Å². The topological polar surface area (TPSA) is 34.0 Å². The highest BCUT2D eigenvalue weighted by Gasteiger charge is 2.22. The van der Waals surface area contributed by atoms with Gasteiger partial charge in [-0.2, -0.15) is 0 Å². The fraction of sp³-hybridized carbons (Fsp3) is 0.368. The molecule has 5 heteroatoms. The predicted molar refractivity (Wildman–Crippen MR) is 93.7 cm³/mol. The molecule has 0 amide bonds. The minimum absolute atomic E-state index is 0.251. The number of nitrogens with zero attached hydrogens (tertiary/aromatic N) is 4. The molecular formula is C19H21FN4. The van der Waals surface area contributed by atoms with Gasteiger partial charge in [-0.1, -0.05) is 6.07 Å². The third-order valence-corrected chi connectivity index (χ3v) is 5.03. The van der Waals surface area contributed by atoms with Gasteiger partial charge < -0.3 is 9.47 Å². The molecule has 1 aliphatic heterocycles. The Balaban J connectivity index is 1.60. The molecule has 124 valence electrons. The third-order valence-electron chi connectivity index (χ3n) is 5.03. The van der Waals surface area contributed by atoms with E-state index in [1.54, 1.807) is 6.07 Å². The van der Waals surface area contributed by atoms with E-state index in [-0.39, 0.29) is 5.82 Å². The molecule has 0 saturated carbocycles. The van der Waals surface area contributed by atoms with Crippen LogP contribution in [0.3, 0.4) is 0 Å². The molecule has 0 aliphatic carbocycles. The van der Waals surface area contributed by atoms with E-state index >= 15 is 0 Å². The summed E-state index contributed by atoms with van der Waals surface area (Å²) in [6.45, 7) is 1.89. The number of hydrogen-bond acceptors (Lipinski definition) is 3. The molecule has 0 radical (unpaired) electrons. The molecule has 1 aromatic carbocycles. The average molecular weight is 324 g/mol. The zero-order chi connectivity index (χ0) is 16.5. The molecule has 1 atom stereocenters. The Morgan fingerprint density at radius 3 is 2.71 bits per heavy atom. The third kappa shape index (κ3) is 2.64. The maximum absolute atomic E-state index is 14.0. The van der Waals surface area contributed by atoms with E-state index < -0.39 is 0 Å². The first-order chi connectivity index (χ1) is 11.7. The Bertz CT molecular complexity index is 843. The second kappa shape index (κ2) is 6.23. The number of rotatable bonds is 2. The minimum atomic E-state index is -0.251. The van der Waals surface area contributed by atoms with E-state index in [1.807, 2.05) is 30.1 Å². The quantitative estimate of drug-likeness (QED) is 0.717. The summed E-state index contributed by atoms with van der Waals surface area (Å²) in [5.74, 6) is 1.17. The van der Waals surface area contributed by atoms with Gasteiger partial charge in [-0.25, -0.2) is 9.37 Å². The van der Waals surface area contributed by atoms with Crippen LogP contribution in [0.15, 0.2) is 42.7 Å². The van der Waals surface area contributed by atoms with Crippen LogP contribution in [-0.4, -0.2) is 27.6 Å². The van der Waals surface area contributed by atoms with Crippen molar-refractivity contribution in [3.05, 3.63) is 54.1 Å². The van der Waals surface area contributed by atoms with Crippen molar-refractivity contribution in [3.8, 4) is 0 Å². The van der Waals surface area contributed by atoms with Gasteiger partial charge in [0.15, 0.2) is 5.82 Å². The molecule has 1 aliphatic rings. The van der Waals surface area contributed by atoms with Gasteiger partial charge in [0.25, 0.3) is 0 Å². The molecular weight excluding hydrogens is 303 g/mol. The number of fused-ring (bicyclic) bond motifs is 1. The van der Waals surface area contributed by atoms with Gasteiger partial charge in [0, 0.05) is 32.5 Å². The van der Waals surface area contributed by atoms with Gasteiger partial charge in [-0.3, -0.25) is 4.98 Å². The largest absolute Gasteiger partial charge is 0.342 e. The van der Waals surface area contributed by atoms with Crippen molar-refractivity contribution in [2.45, 2.75) is 25.2 Å². The number of aromatic nitrogens is 3. The van der Waals surface area contributed by atoms with Gasteiger partial charge in [-0.05, 0) is 55.0 Å². The zero-order valence-corrected chi connectivity index (χ0v) is 13.8. The number of hydrogen-bond donors (Lipinski definition) is 0. The van der Waals surface area contributed by atoms with Crippen molar-refractivity contribution in [3.63, 3.8) is 0 Å². The molecule has 4 rings (SSSR count). The summed E-state index contributed by atoms with van der Waals surface area (Å²) >= 11 is 0. The monoisotopic (exact) mass is 324 g/mol. The van der Waals surface area contributed by atoms with Crippen LogP contribution >= 0.6 is 0 Å². The first kappa shape index (κ1) is 15.1. The molecule has 1 saturated heterocycles. The van der Waals surface area contributed by atoms with Crippen LogP contribution in [0, 0.1) is 5.82 Å². The summed E-state index contributed by atoms with van der Waals surface area (Å²) in [6, 6.07) is 9.37. The van der Waals surface area contributed by atoms with Gasteiger partial charge in [0.05, 0.1) is 5.52 Å². The van der Waals surface area contributed by atoms with Crippen LogP contribution < -0.4 is 4.90 Å². The standard InChI is InChI=1S/C19H21FN4/c1-23-17-6-2-5-16(20)18(17)22-19(23)24-12-3-4-14(9-13-24)15-7-10-21-11-8-15/h2,5-8,10-11,14H,3-4,9,12-13H2,1H3. The summed E-state index contributed by atoms with van der Waals surface area (Å²) in [4.78, 5) is 11.0. The lowest BCUT2D eigenvalue weighted by molar-refractivity contribution is 0.610. The van der Waals surface area contributed by atoms with E-state index in [1.165, 1.54) is 18.1 Å². The molecule has 2 aromatic heterocycles. The summed E-state index contributed by atoms with van der Waals surface area (Å²) < 4.78 is 16.0. The summed E-state index contributed by atoms with van der Waals surface area (Å²) in [5.41, 5.74) is 2.67. The fourth-order valence-electron chi connectivity index (χ4n) is 3.72. The Morgan fingerprint density at radius 2 is 1.92 bits per heavy atom. The number of anilines is 1. The number of para-hydroxylation sites is 1. The van der Waals surface area contributed by atoms with Crippen molar-refractivity contribution >= 4 is 17.0 Å². The number of halogens is 1. The Kier molecular flexibility index (Phi) is 3.92. The lowest BCUT2D eigenvalue weighted by atomic mass is 9.93. The van der Waals surface area contributed by atoms with Gasteiger partial charge in [0.1, 0.15) is 5.52 Å². The molecule has 0 bridgehead atoms. The maximum atomic E-state index is 14.0. The molecule has 1 unspecified atom stereocenters. The predicted octanol–water partition coefficient (Wildman–Crippen LogP) is 3.88. The van der Waals surface area contributed by atoms with Crippen molar-refractivity contribution in [1.82, 2.24) is 14.5 Å². The molecule has 1 fully saturated rings. The maximum Gasteiger partial charge on any atom is 0.206 e. The van der Waals surface area contributed by atoms with Crippen LogP contribution in [0.5, 0.6) is 0 Å². The molecule has 4 nitrogen and oxygen atoms in total. The smallest absolute Gasteiger partial charge is 0.206 e. The Morgan fingerprint density at radius 1 is 1.08 bits per heavy atom. The normalized spacial score (nSPS) is 18.8. The lowest BCUT2D eigenvalue weighted by Gasteiger charge is -2.21. The first-order valence-electron chi connectivity index (χ1n) is 8.50. The summed E-state index contributed by atoms with van der Waals surface area (Å²) in [6.07, 6.45) is 7.09. The minimum Gasteiger partial charge on any atom is -0.342 e. The number of aryl methyl sites for hydroxylation is 1. The zero-order valence-electron chi connectivity index (χ0n) is 13.8.